The maximum atomic E-state index is 10.5. The average Bonchev–Trinajstić information content (AvgIpc) is 2.09. The summed E-state index contributed by atoms with van der Waals surface area (Å²) in [6.45, 7) is 2.11. The molecule has 78 valence electrons. The highest BCUT2D eigenvalue weighted by molar-refractivity contribution is 6.08. The summed E-state index contributed by atoms with van der Waals surface area (Å²) in [7, 11) is 1.19. The lowest BCUT2D eigenvalue weighted by Crippen LogP contribution is -2.26. The second-order valence-corrected chi connectivity index (χ2v) is 3.84. The molecule has 0 aliphatic carbocycles. The third-order valence-corrected chi connectivity index (χ3v) is 2.19. The summed E-state index contributed by atoms with van der Waals surface area (Å²) >= 11 is 0. The van der Waals surface area contributed by atoms with Crippen LogP contribution >= 0.6 is 0 Å². The van der Waals surface area contributed by atoms with E-state index in [0.29, 0.717) is 6.61 Å². The zero-order chi connectivity index (χ0) is 10.1. The number of aliphatic hydroxyl groups is 1. The van der Waals surface area contributed by atoms with Crippen LogP contribution in [0.3, 0.4) is 0 Å². The van der Waals surface area contributed by atoms with Crippen molar-refractivity contribution in [3.63, 3.8) is 0 Å². The quantitative estimate of drug-likeness (QED) is 0.333. The minimum atomic E-state index is -0.508. The zero-order valence-corrected chi connectivity index (χ0v) is 10.3. The van der Waals surface area contributed by atoms with E-state index in [0.717, 1.165) is 6.42 Å². The van der Waals surface area contributed by atoms with Crippen LogP contribution in [0.15, 0.2) is 0 Å². The Labute approximate surface area is 81.6 Å². The molecular formula is C8H18O4Si. The van der Waals surface area contributed by atoms with Crippen molar-refractivity contribution in [2.45, 2.75) is 25.5 Å². The molecule has 1 atom stereocenters. The van der Waals surface area contributed by atoms with Gasteiger partial charge in [-0.3, -0.25) is 4.79 Å². The molecule has 0 heterocycles. The number of carbonyl (C=O) groups excluding carboxylic acids is 1. The lowest BCUT2D eigenvalue weighted by atomic mass is 10.4. The molecule has 1 N–H and O–H groups in total. The first-order valence-electron chi connectivity index (χ1n) is 4.56. The van der Waals surface area contributed by atoms with Crippen LogP contribution in [0.4, 0.5) is 0 Å². The number of hydrogen-bond donors (Lipinski definition) is 1. The Balaban J connectivity index is 3.42. The predicted octanol–water partition coefficient (Wildman–Crippen LogP) is -0.899. The summed E-state index contributed by atoms with van der Waals surface area (Å²) in [5, 5.41) is 8.78. The number of hydrogen-bond acceptors (Lipinski definition) is 4. The Hall–Kier alpha value is -0.393. The SMILES string of the molecule is CC(=O)OC(CO)COCCC[SiH3]. The van der Waals surface area contributed by atoms with Gasteiger partial charge < -0.3 is 14.6 Å². The fourth-order valence-electron chi connectivity index (χ4n) is 0.820. The maximum absolute atomic E-state index is 10.5. The van der Waals surface area contributed by atoms with Gasteiger partial charge in [0.05, 0.1) is 13.2 Å². The third kappa shape index (κ3) is 7.95. The monoisotopic (exact) mass is 206 g/mol. The van der Waals surface area contributed by atoms with Crippen LogP contribution < -0.4 is 0 Å². The van der Waals surface area contributed by atoms with Gasteiger partial charge in [-0.05, 0) is 6.42 Å². The maximum Gasteiger partial charge on any atom is 0.303 e. The van der Waals surface area contributed by atoms with Crippen molar-refractivity contribution in [1.82, 2.24) is 0 Å². The number of aliphatic hydroxyl groups excluding tert-OH is 1. The van der Waals surface area contributed by atoms with Gasteiger partial charge in [-0.1, -0.05) is 6.04 Å². The fourth-order valence-corrected chi connectivity index (χ4v) is 1.11. The van der Waals surface area contributed by atoms with Crippen LogP contribution in [0, 0.1) is 0 Å². The van der Waals surface area contributed by atoms with Crippen molar-refractivity contribution >= 4 is 16.2 Å². The average molecular weight is 206 g/mol. The molecular weight excluding hydrogens is 188 g/mol. The molecule has 4 nitrogen and oxygen atoms in total. The Morgan fingerprint density at radius 1 is 1.62 bits per heavy atom. The van der Waals surface area contributed by atoms with Gasteiger partial charge in [-0.15, -0.1) is 0 Å². The molecule has 0 aliphatic rings. The molecule has 0 rings (SSSR count). The lowest BCUT2D eigenvalue weighted by molar-refractivity contribution is -0.151. The molecule has 0 aromatic rings. The van der Waals surface area contributed by atoms with Crippen LogP contribution in [-0.2, 0) is 14.3 Å². The summed E-state index contributed by atoms with van der Waals surface area (Å²) in [6.07, 6.45) is 0.538. The highest BCUT2D eigenvalue weighted by Gasteiger charge is 2.09. The van der Waals surface area contributed by atoms with Crippen molar-refractivity contribution in [2.75, 3.05) is 19.8 Å². The van der Waals surface area contributed by atoms with Gasteiger partial charge in [0.15, 0.2) is 0 Å². The van der Waals surface area contributed by atoms with Crippen molar-refractivity contribution in [3.05, 3.63) is 0 Å². The molecule has 0 amide bonds. The fraction of sp³-hybridized carbons (Fsp3) is 0.875. The Morgan fingerprint density at radius 2 is 2.31 bits per heavy atom. The largest absolute Gasteiger partial charge is 0.458 e. The molecule has 5 heteroatoms. The predicted molar refractivity (Wildman–Crippen MR) is 52.8 cm³/mol. The summed E-state index contributed by atoms with van der Waals surface area (Å²) in [5.41, 5.74) is 0. The Bertz CT molecular complexity index is 140. The van der Waals surface area contributed by atoms with Crippen LogP contribution in [-0.4, -0.2) is 47.2 Å². The Morgan fingerprint density at radius 3 is 2.77 bits per heavy atom. The van der Waals surface area contributed by atoms with E-state index < -0.39 is 6.10 Å². The topological polar surface area (TPSA) is 55.8 Å². The second kappa shape index (κ2) is 8.22. The van der Waals surface area contributed by atoms with Crippen LogP contribution in [0.25, 0.3) is 0 Å². The minimum Gasteiger partial charge on any atom is -0.458 e. The molecule has 0 aromatic carbocycles. The smallest absolute Gasteiger partial charge is 0.303 e. The molecule has 0 radical (unpaired) electrons. The molecule has 0 fully saturated rings. The molecule has 1 unspecified atom stereocenters. The molecule has 0 saturated heterocycles. The first kappa shape index (κ1) is 12.6. The van der Waals surface area contributed by atoms with Gasteiger partial charge in [0, 0.05) is 23.8 Å². The normalized spacial score (nSPS) is 12.8. The number of rotatable bonds is 7. The minimum absolute atomic E-state index is 0.180. The number of carbonyl (C=O) groups is 1. The zero-order valence-electron chi connectivity index (χ0n) is 8.28. The Kier molecular flexibility index (Phi) is 7.97. The van der Waals surface area contributed by atoms with E-state index in [1.807, 2.05) is 0 Å². The van der Waals surface area contributed by atoms with Gasteiger partial charge in [0.25, 0.3) is 0 Å². The third-order valence-electron chi connectivity index (χ3n) is 1.48. The summed E-state index contributed by atoms with van der Waals surface area (Å²) in [6, 6.07) is 1.21. The second-order valence-electron chi connectivity index (χ2n) is 2.84. The summed E-state index contributed by atoms with van der Waals surface area (Å²) in [4.78, 5) is 10.5. The van der Waals surface area contributed by atoms with Gasteiger partial charge >= 0.3 is 5.97 Å². The van der Waals surface area contributed by atoms with E-state index >= 15 is 0 Å². The molecule has 0 saturated carbocycles. The summed E-state index contributed by atoms with van der Waals surface area (Å²) in [5.74, 6) is -0.384. The first-order chi connectivity index (χ1) is 6.20. The van der Waals surface area contributed by atoms with Crippen LogP contribution in [0.1, 0.15) is 13.3 Å². The van der Waals surface area contributed by atoms with E-state index in [9.17, 15) is 4.79 Å². The van der Waals surface area contributed by atoms with E-state index in [4.69, 9.17) is 14.6 Å². The standard InChI is InChI=1S/C8H18O4Si/c1-7(10)12-8(5-9)6-11-3-2-4-13/h8-9H,2-6H2,1,13H3. The van der Waals surface area contributed by atoms with Gasteiger partial charge in [-0.2, -0.15) is 0 Å². The van der Waals surface area contributed by atoms with Gasteiger partial charge in [0.1, 0.15) is 6.10 Å². The molecule has 13 heavy (non-hydrogen) atoms. The van der Waals surface area contributed by atoms with E-state index in [1.54, 1.807) is 0 Å². The molecule has 0 aromatic heterocycles. The summed E-state index contributed by atoms with van der Waals surface area (Å²) < 4.78 is 9.99. The number of ether oxygens (including phenoxy) is 2. The molecule has 0 aliphatic heterocycles. The number of esters is 1. The van der Waals surface area contributed by atoms with E-state index in [1.165, 1.54) is 23.2 Å². The van der Waals surface area contributed by atoms with Crippen molar-refractivity contribution in [2.24, 2.45) is 0 Å². The van der Waals surface area contributed by atoms with E-state index in [2.05, 4.69) is 0 Å². The molecule has 0 spiro atoms. The first-order valence-corrected chi connectivity index (χ1v) is 5.98. The lowest BCUT2D eigenvalue weighted by Gasteiger charge is -2.14. The molecule has 0 bridgehead atoms. The van der Waals surface area contributed by atoms with Crippen molar-refractivity contribution < 1.29 is 19.4 Å². The van der Waals surface area contributed by atoms with Crippen molar-refractivity contribution in [3.8, 4) is 0 Å². The van der Waals surface area contributed by atoms with Crippen LogP contribution in [0.5, 0.6) is 0 Å². The van der Waals surface area contributed by atoms with Crippen molar-refractivity contribution in [1.29, 1.82) is 0 Å². The highest BCUT2D eigenvalue weighted by atomic mass is 28.1. The van der Waals surface area contributed by atoms with Gasteiger partial charge in [0.2, 0.25) is 0 Å². The van der Waals surface area contributed by atoms with E-state index in [-0.39, 0.29) is 19.2 Å². The van der Waals surface area contributed by atoms with Gasteiger partial charge in [-0.25, -0.2) is 0 Å². The highest BCUT2D eigenvalue weighted by Crippen LogP contribution is 1.95. The van der Waals surface area contributed by atoms with Crippen LogP contribution in [0.2, 0.25) is 6.04 Å².